The molecule has 0 aromatic carbocycles. The predicted molar refractivity (Wildman–Crippen MR) is 66.0 cm³/mol. The van der Waals surface area contributed by atoms with Gasteiger partial charge in [-0.05, 0) is 0 Å². The molecule has 1 aliphatic heterocycles. The van der Waals surface area contributed by atoms with Crippen LogP contribution in [-0.4, -0.2) is 54.7 Å². The molecule has 1 aliphatic rings. The maximum Gasteiger partial charge on any atom is 0.224 e. The van der Waals surface area contributed by atoms with Crippen molar-refractivity contribution in [1.29, 1.82) is 0 Å². The molecule has 1 saturated heterocycles. The zero-order valence-electron chi connectivity index (χ0n) is 10.2. The monoisotopic (exact) mass is 284 g/mol. The lowest BCUT2D eigenvalue weighted by Crippen LogP contribution is -2.30. The van der Waals surface area contributed by atoms with Crippen LogP contribution in [0.3, 0.4) is 0 Å². The molecule has 0 spiro atoms. The highest BCUT2D eigenvalue weighted by molar-refractivity contribution is 5.82. The van der Waals surface area contributed by atoms with Crippen LogP contribution in [0.1, 0.15) is 6.23 Å². The van der Waals surface area contributed by atoms with Crippen molar-refractivity contribution in [2.45, 2.75) is 24.6 Å². The molecule has 0 bridgehead atoms. The van der Waals surface area contributed by atoms with Crippen LogP contribution in [-0.2, 0) is 4.74 Å². The van der Waals surface area contributed by atoms with Crippen molar-refractivity contribution in [2.75, 3.05) is 18.1 Å². The number of aromatic nitrogens is 4. The third kappa shape index (κ3) is 1.77. The summed E-state index contributed by atoms with van der Waals surface area (Å²) in [6.45, 7) is -0.496. The van der Waals surface area contributed by atoms with Crippen molar-refractivity contribution in [3.05, 3.63) is 6.33 Å². The number of halogens is 1. The molecular weight excluding hydrogens is 271 g/mol. The van der Waals surface area contributed by atoms with E-state index in [-0.39, 0.29) is 22.9 Å². The fourth-order valence-corrected chi connectivity index (χ4v) is 2.22. The van der Waals surface area contributed by atoms with Gasteiger partial charge in [0, 0.05) is 0 Å². The number of alkyl halides is 1. The van der Waals surface area contributed by atoms with Gasteiger partial charge in [-0.1, -0.05) is 0 Å². The van der Waals surface area contributed by atoms with Gasteiger partial charge in [0.2, 0.25) is 5.95 Å². The van der Waals surface area contributed by atoms with Gasteiger partial charge in [-0.3, -0.25) is 4.57 Å². The van der Waals surface area contributed by atoms with Gasteiger partial charge in [-0.15, -0.1) is 0 Å². The zero-order chi connectivity index (χ0) is 14.4. The van der Waals surface area contributed by atoms with Crippen molar-refractivity contribution in [3.63, 3.8) is 0 Å². The number of aliphatic hydroxyl groups excluding tert-OH is 2. The summed E-state index contributed by atoms with van der Waals surface area (Å²) in [5.41, 5.74) is 11.6. The summed E-state index contributed by atoms with van der Waals surface area (Å²) in [6, 6.07) is 0. The van der Waals surface area contributed by atoms with E-state index in [0.717, 1.165) is 0 Å². The van der Waals surface area contributed by atoms with Gasteiger partial charge in [0.15, 0.2) is 23.9 Å². The minimum Gasteiger partial charge on any atom is -0.394 e. The number of nitrogen functional groups attached to an aromatic ring is 2. The molecule has 4 atom stereocenters. The van der Waals surface area contributed by atoms with E-state index in [1.54, 1.807) is 0 Å². The zero-order valence-corrected chi connectivity index (χ0v) is 10.2. The van der Waals surface area contributed by atoms with Gasteiger partial charge in [-0.2, -0.15) is 9.97 Å². The summed E-state index contributed by atoms with van der Waals surface area (Å²) < 4.78 is 20.6. The van der Waals surface area contributed by atoms with Crippen LogP contribution in [0.4, 0.5) is 16.2 Å². The first kappa shape index (κ1) is 13.0. The van der Waals surface area contributed by atoms with E-state index < -0.39 is 31.2 Å². The van der Waals surface area contributed by atoms with Crippen LogP contribution in [0.5, 0.6) is 0 Å². The van der Waals surface area contributed by atoms with Gasteiger partial charge in [0.1, 0.15) is 17.7 Å². The SMILES string of the molecule is Nc1nc(N)c2ncn([C@@H]3O[C@H](CO)[C@@H](O)C3F)c2n1. The van der Waals surface area contributed by atoms with E-state index in [1.807, 2.05) is 0 Å². The Morgan fingerprint density at radius 1 is 1.40 bits per heavy atom. The Bertz CT molecular complexity index is 649. The van der Waals surface area contributed by atoms with E-state index >= 15 is 0 Å². The second kappa shape index (κ2) is 4.51. The van der Waals surface area contributed by atoms with Gasteiger partial charge in [0.05, 0.1) is 12.9 Å². The maximum absolute atomic E-state index is 14.1. The molecule has 2 aromatic rings. The Morgan fingerprint density at radius 3 is 2.80 bits per heavy atom. The lowest BCUT2D eigenvalue weighted by atomic mass is 10.1. The van der Waals surface area contributed by atoms with E-state index in [0.29, 0.717) is 0 Å². The molecule has 3 rings (SSSR count). The molecule has 0 saturated carbocycles. The van der Waals surface area contributed by atoms with Crippen LogP contribution >= 0.6 is 0 Å². The molecule has 0 radical (unpaired) electrons. The summed E-state index contributed by atoms with van der Waals surface area (Å²) >= 11 is 0. The Morgan fingerprint density at radius 2 is 2.15 bits per heavy atom. The highest BCUT2D eigenvalue weighted by Crippen LogP contribution is 2.33. The first-order valence-corrected chi connectivity index (χ1v) is 5.87. The summed E-state index contributed by atoms with van der Waals surface area (Å²) in [5.74, 6) is -0.0108. The van der Waals surface area contributed by atoms with Crippen molar-refractivity contribution in [1.82, 2.24) is 19.5 Å². The molecule has 1 unspecified atom stereocenters. The summed E-state index contributed by atoms with van der Waals surface area (Å²) in [7, 11) is 0. The third-order valence-corrected chi connectivity index (χ3v) is 3.21. The molecule has 3 heterocycles. The molecule has 20 heavy (non-hydrogen) atoms. The Balaban J connectivity index is 2.07. The van der Waals surface area contributed by atoms with E-state index in [2.05, 4.69) is 15.0 Å². The first-order valence-electron chi connectivity index (χ1n) is 5.87. The Labute approximate surface area is 112 Å². The maximum atomic E-state index is 14.1. The number of hydrogen-bond acceptors (Lipinski definition) is 8. The number of rotatable bonds is 2. The highest BCUT2D eigenvalue weighted by atomic mass is 19.1. The third-order valence-electron chi connectivity index (χ3n) is 3.21. The standard InChI is InChI=1S/C10H13FN6O3/c11-4-6(19)3(1-18)20-9(4)17-2-14-5-7(12)15-10(13)16-8(5)17/h2-4,6,9,18-19H,1H2,(H4,12,13,15,16)/t3-,4?,6-,9-/m1/s1. The number of aliphatic hydroxyl groups is 2. The number of nitrogens with two attached hydrogens (primary N) is 2. The number of hydrogen-bond donors (Lipinski definition) is 4. The highest BCUT2D eigenvalue weighted by Gasteiger charge is 2.45. The van der Waals surface area contributed by atoms with E-state index in [1.165, 1.54) is 10.9 Å². The number of anilines is 2. The number of fused-ring (bicyclic) bond motifs is 1. The van der Waals surface area contributed by atoms with Crippen molar-refractivity contribution in [3.8, 4) is 0 Å². The van der Waals surface area contributed by atoms with Crippen LogP contribution < -0.4 is 11.5 Å². The second-order valence-corrected chi connectivity index (χ2v) is 4.47. The van der Waals surface area contributed by atoms with Crippen molar-refractivity contribution in [2.24, 2.45) is 0 Å². The Hall–Kier alpha value is -2.04. The largest absolute Gasteiger partial charge is 0.394 e. The van der Waals surface area contributed by atoms with E-state index in [4.69, 9.17) is 21.3 Å². The number of nitrogens with zero attached hydrogens (tertiary/aromatic N) is 4. The number of ether oxygens (including phenoxy) is 1. The minimum absolute atomic E-state index is 0.0684. The average molecular weight is 284 g/mol. The fourth-order valence-electron chi connectivity index (χ4n) is 2.22. The normalized spacial score (nSPS) is 30.1. The smallest absolute Gasteiger partial charge is 0.224 e. The van der Waals surface area contributed by atoms with Crippen LogP contribution in [0.2, 0.25) is 0 Å². The van der Waals surface area contributed by atoms with Crippen LogP contribution in [0.15, 0.2) is 6.33 Å². The van der Waals surface area contributed by atoms with Gasteiger partial charge in [-0.25, -0.2) is 9.37 Å². The quantitative estimate of drug-likeness (QED) is 0.525. The van der Waals surface area contributed by atoms with Gasteiger partial charge < -0.3 is 26.4 Å². The number of imidazole rings is 1. The molecule has 10 heteroatoms. The second-order valence-electron chi connectivity index (χ2n) is 4.47. The summed E-state index contributed by atoms with van der Waals surface area (Å²) in [4.78, 5) is 11.7. The average Bonchev–Trinajstić information content (AvgIpc) is 2.93. The van der Waals surface area contributed by atoms with Gasteiger partial charge >= 0.3 is 0 Å². The van der Waals surface area contributed by atoms with Crippen molar-refractivity contribution < 1.29 is 19.3 Å². The van der Waals surface area contributed by atoms with Crippen LogP contribution in [0.25, 0.3) is 11.2 Å². The molecular formula is C10H13FN6O3. The molecule has 6 N–H and O–H groups in total. The molecule has 2 aromatic heterocycles. The molecule has 108 valence electrons. The van der Waals surface area contributed by atoms with Crippen molar-refractivity contribution >= 4 is 22.9 Å². The molecule has 1 fully saturated rings. The molecule has 0 aliphatic carbocycles. The lowest BCUT2D eigenvalue weighted by molar-refractivity contribution is -0.0459. The summed E-state index contributed by atoms with van der Waals surface area (Å²) in [6.07, 6.45) is -4.07. The topological polar surface area (TPSA) is 145 Å². The Kier molecular flexibility index (Phi) is 2.92. The fraction of sp³-hybridized carbons (Fsp3) is 0.500. The van der Waals surface area contributed by atoms with Crippen LogP contribution in [0, 0.1) is 0 Å². The van der Waals surface area contributed by atoms with E-state index in [9.17, 15) is 9.50 Å². The lowest BCUT2D eigenvalue weighted by Gasteiger charge is -2.15. The predicted octanol–water partition coefficient (Wildman–Crippen LogP) is -1.42. The molecule has 0 amide bonds. The first-order chi connectivity index (χ1) is 9.52. The minimum atomic E-state index is -1.73. The van der Waals surface area contributed by atoms with Gasteiger partial charge in [0.25, 0.3) is 0 Å². The molecule has 9 nitrogen and oxygen atoms in total. The summed E-state index contributed by atoms with van der Waals surface area (Å²) in [5, 5.41) is 18.7.